The Morgan fingerprint density at radius 1 is 1.41 bits per heavy atom. The van der Waals surface area contributed by atoms with E-state index in [9.17, 15) is 4.79 Å². The SMILES string of the molecule is CN(CC(N)=O)c1nnnn1-c1ccccc1. The normalized spacial score (nSPS) is 10.2. The van der Waals surface area contributed by atoms with Gasteiger partial charge in [-0.15, -0.1) is 0 Å². The third kappa shape index (κ3) is 2.39. The van der Waals surface area contributed by atoms with Crippen LogP contribution >= 0.6 is 0 Å². The van der Waals surface area contributed by atoms with E-state index >= 15 is 0 Å². The van der Waals surface area contributed by atoms with Crippen molar-refractivity contribution in [1.29, 1.82) is 0 Å². The van der Waals surface area contributed by atoms with Gasteiger partial charge < -0.3 is 10.6 Å². The summed E-state index contributed by atoms with van der Waals surface area (Å²) in [6.45, 7) is 0.0627. The number of anilines is 1. The zero-order chi connectivity index (χ0) is 12.3. The number of likely N-dealkylation sites (N-methyl/N-ethyl adjacent to an activating group) is 1. The molecule has 0 radical (unpaired) electrons. The van der Waals surface area contributed by atoms with Gasteiger partial charge in [-0.2, -0.15) is 4.68 Å². The van der Waals surface area contributed by atoms with Crippen LogP contribution in [0.3, 0.4) is 0 Å². The summed E-state index contributed by atoms with van der Waals surface area (Å²) < 4.78 is 1.54. The van der Waals surface area contributed by atoms with Gasteiger partial charge in [0.1, 0.15) is 0 Å². The van der Waals surface area contributed by atoms with E-state index in [0.717, 1.165) is 5.69 Å². The van der Waals surface area contributed by atoms with Gasteiger partial charge in [-0.05, 0) is 22.6 Å². The zero-order valence-electron chi connectivity index (χ0n) is 9.32. The Balaban J connectivity index is 2.32. The van der Waals surface area contributed by atoms with Gasteiger partial charge >= 0.3 is 0 Å². The molecule has 0 aliphatic heterocycles. The molecule has 7 heteroatoms. The van der Waals surface area contributed by atoms with Gasteiger partial charge in [-0.25, -0.2) is 0 Å². The van der Waals surface area contributed by atoms with E-state index < -0.39 is 5.91 Å². The summed E-state index contributed by atoms with van der Waals surface area (Å²) in [5, 5.41) is 11.3. The van der Waals surface area contributed by atoms with Crippen LogP contribution in [0.5, 0.6) is 0 Å². The van der Waals surface area contributed by atoms with E-state index in [4.69, 9.17) is 5.73 Å². The zero-order valence-corrected chi connectivity index (χ0v) is 9.32. The smallest absolute Gasteiger partial charge is 0.250 e. The van der Waals surface area contributed by atoms with E-state index in [0.29, 0.717) is 5.95 Å². The Kier molecular flexibility index (Phi) is 2.99. The standard InChI is InChI=1S/C10H12N6O/c1-15(7-9(11)17)10-12-13-14-16(10)8-5-3-2-4-6-8/h2-6H,7H2,1H3,(H2,11,17). The first-order chi connectivity index (χ1) is 8.18. The molecule has 0 atom stereocenters. The van der Waals surface area contributed by atoms with Crippen LogP contribution < -0.4 is 10.6 Å². The molecule has 1 heterocycles. The van der Waals surface area contributed by atoms with E-state index in [1.807, 2.05) is 30.3 Å². The van der Waals surface area contributed by atoms with E-state index in [1.54, 1.807) is 16.6 Å². The molecular formula is C10H12N6O. The lowest BCUT2D eigenvalue weighted by Gasteiger charge is -2.15. The molecule has 1 amide bonds. The molecular weight excluding hydrogens is 220 g/mol. The minimum atomic E-state index is -0.435. The highest BCUT2D eigenvalue weighted by Gasteiger charge is 2.13. The highest BCUT2D eigenvalue weighted by Crippen LogP contribution is 2.13. The number of aromatic nitrogens is 4. The van der Waals surface area contributed by atoms with Crippen molar-refractivity contribution in [3.8, 4) is 5.69 Å². The predicted molar refractivity (Wildman–Crippen MR) is 61.6 cm³/mol. The molecule has 0 unspecified atom stereocenters. The fraction of sp³-hybridized carbons (Fsp3) is 0.200. The van der Waals surface area contributed by atoms with E-state index in [2.05, 4.69) is 15.5 Å². The number of benzene rings is 1. The highest BCUT2D eigenvalue weighted by molar-refractivity contribution is 5.78. The predicted octanol–water partition coefficient (Wildman–Crippen LogP) is -0.416. The minimum absolute atomic E-state index is 0.0627. The number of primary amides is 1. The van der Waals surface area contributed by atoms with Crippen molar-refractivity contribution in [3.05, 3.63) is 30.3 Å². The summed E-state index contributed by atoms with van der Waals surface area (Å²) in [4.78, 5) is 12.4. The van der Waals surface area contributed by atoms with E-state index in [1.165, 1.54) is 0 Å². The van der Waals surface area contributed by atoms with Gasteiger partial charge in [0.25, 0.3) is 5.95 Å². The van der Waals surface area contributed by atoms with Crippen LogP contribution in [0.25, 0.3) is 5.69 Å². The van der Waals surface area contributed by atoms with Crippen LogP contribution in [0.2, 0.25) is 0 Å². The number of hydrogen-bond donors (Lipinski definition) is 1. The molecule has 0 fully saturated rings. The number of tetrazole rings is 1. The van der Waals surface area contributed by atoms with Crippen molar-refractivity contribution in [2.24, 2.45) is 5.73 Å². The van der Waals surface area contributed by atoms with Gasteiger partial charge in [0.15, 0.2) is 0 Å². The van der Waals surface area contributed by atoms with Crippen molar-refractivity contribution >= 4 is 11.9 Å². The molecule has 17 heavy (non-hydrogen) atoms. The summed E-state index contributed by atoms with van der Waals surface area (Å²) in [7, 11) is 1.70. The Bertz CT molecular complexity index is 509. The number of hydrogen-bond acceptors (Lipinski definition) is 5. The average Bonchev–Trinajstić information content (AvgIpc) is 2.78. The maximum Gasteiger partial charge on any atom is 0.250 e. The molecule has 0 spiro atoms. The maximum atomic E-state index is 10.9. The van der Waals surface area contributed by atoms with Crippen molar-refractivity contribution in [1.82, 2.24) is 20.2 Å². The second-order valence-corrected chi connectivity index (χ2v) is 3.55. The van der Waals surface area contributed by atoms with Gasteiger partial charge in [-0.1, -0.05) is 23.3 Å². The van der Waals surface area contributed by atoms with Crippen LogP contribution in [0.4, 0.5) is 5.95 Å². The number of carbonyl (C=O) groups is 1. The molecule has 2 N–H and O–H groups in total. The maximum absolute atomic E-state index is 10.9. The number of nitrogens with two attached hydrogens (primary N) is 1. The third-order valence-electron chi connectivity index (χ3n) is 2.19. The average molecular weight is 232 g/mol. The van der Waals surface area contributed by atoms with Crippen LogP contribution in [0.1, 0.15) is 0 Å². The Hall–Kier alpha value is -2.44. The molecule has 88 valence electrons. The molecule has 0 saturated carbocycles. The fourth-order valence-corrected chi connectivity index (χ4v) is 1.46. The summed E-state index contributed by atoms with van der Waals surface area (Å²) in [6.07, 6.45) is 0. The first-order valence-electron chi connectivity index (χ1n) is 5.01. The number of para-hydroxylation sites is 1. The quantitative estimate of drug-likeness (QED) is 0.773. The third-order valence-corrected chi connectivity index (χ3v) is 2.19. The molecule has 0 aliphatic rings. The van der Waals surface area contributed by atoms with Crippen LogP contribution in [0.15, 0.2) is 30.3 Å². The Morgan fingerprint density at radius 2 is 2.12 bits per heavy atom. The first-order valence-corrected chi connectivity index (χ1v) is 5.01. The number of nitrogens with zero attached hydrogens (tertiary/aromatic N) is 5. The van der Waals surface area contributed by atoms with Crippen LogP contribution in [-0.4, -0.2) is 39.7 Å². The molecule has 0 saturated heterocycles. The van der Waals surface area contributed by atoms with Crippen LogP contribution in [-0.2, 0) is 4.79 Å². The van der Waals surface area contributed by atoms with Crippen LogP contribution in [0, 0.1) is 0 Å². The molecule has 1 aromatic heterocycles. The van der Waals surface area contributed by atoms with Crippen molar-refractivity contribution in [3.63, 3.8) is 0 Å². The Morgan fingerprint density at radius 3 is 2.76 bits per heavy atom. The topological polar surface area (TPSA) is 89.9 Å². The lowest BCUT2D eigenvalue weighted by molar-refractivity contribution is -0.116. The molecule has 2 rings (SSSR count). The molecule has 2 aromatic rings. The van der Waals surface area contributed by atoms with Crippen molar-refractivity contribution < 1.29 is 4.79 Å². The fourth-order valence-electron chi connectivity index (χ4n) is 1.46. The number of rotatable bonds is 4. The summed E-state index contributed by atoms with van der Waals surface area (Å²) in [5.41, 5.74) is 5.95. The first kappa shape index (κ1) is 11.1. The van der Waals surface area contributed by atoms with Gasteiger partial charge in [0.05, 0.1) is 12.2 Å². The number of carbonyl (C=O) groups excluding carboxylic acids is 1. The van der Waals surface area contributed by atoms with Gasteiger partial charge in [0.2, 0.25) is 5.91 Å². The number of amides is 1. The summed E-state index contributed by atoms with van der Waals surface area (Å²) in [6, 6.07) is 9.42. The second-order valence-electron chi connectivity index (χ2n) is 3.55. The van der Waals surface area contributed by atoms with Crippen molar-refractivity contribution in [2.45, 2.75) is 0 Å². The molecule has 7 nitrogen and oxygen atoms in total. The molecule has 0 bridgehead atoms. The highest BCUT2D eigenvalue weighted by atomic mass is 16.1. The van der Waals surface area contributed by atoms with E-state index in [-0.39, 0.29) is 6.54 Å². The summed E-state index contributed by atoms with van der Waals surface area (Å²) in [5.74, 6) is 0.0325. The molecule has 0 aliphatic carbocycles. The van der Waals surface area contributed by atoms with Gasteiger partial charge in [-0.3, -0.25) is 4.79 Å². The monoisotopic (exact) mass is 232 g/mol. The second kappa shape index (κ2) is 4.60. The lowest BCUT2D eigenvalue weighted by Crippen LogP contribution is -2.32. The van der Waals surface area contributed by atoms with Gasteiger partial charge in [0, 0.05) is 7.05 Å². The largest absolute Gasteiger partial charge is 0.368 e. The lowest BCUT2D eigenvalue weighted by atomic mass is 10.3. The minimum Gasteiger partial charge on any atom is -0.368 e. The van der Waals surface area contributed by atoms with Crippen molar-refractivity contribution in [2.75, 3.05) is 18.5 Å². The Labute approximate surface area is 97.8 Å². The summed E-state index contributed by atoms with van der Waals surface area (Å²) >= 11 is 0. The molecule has 1 aromatic carbocycles.